The fraction of sp³-hybridized carbons (Fsp3) is 0.529. The number of carbonyl (C=O) groups excluding carboxylic acids is 1. The summed E-state index contributed by atoms with van der Waals surface area (Å²) in [5.74, 6) is 0.161. The minimum absolute atomic E-state index is 0.0496. The molecule has 2 aromatic heterocycles. The number of fused-ring (bicyclic) bond motifs is 1. The number of carbonyl (C=O) groups is 1. The number of amides is 1. The van der Waals surface area contributed by atoms with Gasteiger partial charge in [-0.15, -0.1) is 11.3 Å². The Morgan fingerprint density at radius 2 is 2.36 bits per heavy atom. The molecular formula is C17H21N5O2S. The first-order chi connectivity index (χ1) is 12.3. The van der Waals surface area contributed by atoms with Gasteiger partial charge in [-0.1, -0.05) is 0 Å². The van der Waals surface area contributed by atoms with Crippen molar-refractivity contribution in [2.24, 2.45) is 5.92 Å². The van der Waals surface area contributed by atoms with Crippen LogP contribution in [0.5, 0.6) is 0 Å². The lowest BCUT2D eigenvalue weighted by Crippen LogP contribution is -2.53. The van der Waals surface area contributed by atoms with E-state index >= 15 is 0 Å². The van der Waals surface area contributed by atoms with Crippen molar-refractivity contribution < 1.29 is 9.53 Å². The maximum Gasteiger partial charge on any atom is 0.223 e. The molecule has 132 valence electrons. The lowest BCUT2D eigenvalue weighted by Gasteiger charge is -2.39. The normalized spacial score (nSPS) is 26.0. The third-order valence-corrected chi connectivity index (χ3v) is 5.69. The standard InChI is InChI=1S/C17H21N5O2S/c23-16(11-1-2-15-13(7-11)20-5-6-24-15)21-8-12-10-25-17(22-12)14-9-18-3-4-19-14/h3-4,9-11,13,15,20H,1-2,5-8H2,(H,21,23)/t11-,13+,15+/m0/s1. The van der Waals surface area contributed by atoms with Gasteiger partial charge in [0.2, 0.25) is 5.91 Å². The van der Waals surface area contributed by atoms with Crippen molar-refractivity contribution in [3.05, 3.63) is 29.7 Å². The van der Waals surface area contributed by atoms with Crippen LogP contribution < -0.4 is 10.6 Å². The predicted octanol–water partition coefficient (Wildman–Crippen LogP) is 1.37. The smallest absolute Gasteiger partial charge is 0.223 e. The summed E-state index contributed by atoms with van der Waals surface area (Å²) in [6.45, 7) is 2.10. The topological polar surface area (TPSA) is 89.0 Å². The van der Waals surface area contributed by atoms with Crippen LogP contribution in [0.2, 0.25) is 0 Å². The molecule has 0 unspecified atom stereocenters. The molecule has 0 bridgehead atoms. The number of ether oxygens (including phenoxy) is 1. The van der Waals surface area contributed by atoms with E-state index in [1.165, 1.54) is 11.3 Å². The molecule has 8 heteroatoms. The second kappa shape index (κ2) is 7.55. The van der Waals surface area contributed by atoms with Crippen molar-refractivity contribution in [1.82, 2.24) is 25.6 Å². The summed E-state index contributed by atoms with van der Waals surface area (Å²) >= 11 is 1.51. The molecule has 2 aromatic rings. The fourth-order valence-electron chi connectivity index (χ4n) is 3.49. The van der Waals surface area contributed by atoms with Crippen molar-refractivity contribution >= 4 is 17.2 Å². The SMILES string of the molecule is O=C(NCc1csc(-c2cnccn2)n1)[C@H]1CC[C@H]2OCCN[C@@H]2C1. The Labute approximate surface area is 150 Å². The average Bonchev–Trinajstić information content (AvgIpc) is 3.15. The number of thiazole rings is 1. The lowest BCUT2D eigenvalue weighted by atomic mass is 9.82. The Morgan fingerprint density at radius 3 is 3.24 bits per heavy atom. The number of hydrogen-bond donors (Lipinski definition) is 2. The van der Waals surface area contributed by atoms with Crippen LogP contribution in [-0.2, 0) is 16.1 Å². The highest BCUT2D eigenvalue weighted by molar-refractivity contribution is 7.13. The van der Waals surface area contributed by atoms with Gasteiger partial charge in [-0.05, 0) is 19.3 Å². The maximum atomic E-state index is 12.5. The van der Waals surface area contributed by atoms with Crippen molar-refractivity contribution in [3.8, 4) is 10.7 Å². The highest BCUT2D eigenvalue weighted by Crippen LogP contribution is 2.28. The fourth-order valence-corrected chi connectivity index (χ4v) is 4.27. The van der Waals surface area contributed by atoms with E-state index in [4.69, 9.17) is 4.74 Å². The molecule has 0 spiro atoms. The zero-order chi connectivity index (χ0) is 17.1. The molecule has 0 aromatic carbocycles. The predicted molar refractivity (Wildman–Crippen MR) is 93.9 cm³/mol. The Kier molecular flexibility index (Phi) is 5.00. The highest BCUT2D eigenvalue weighted by Gasteiger charge is 2.35. The van der Waals surface area contributed by atoms with Gasteiger partial charge in [-0.3, -0.25) is 14.8 Å². The van der Waals surface area contributed by atoms with Crippen LogP contribution in [0.25, 0.3) is 10.7 Å². The van der Waals surface area contributed by atoms with Gasteiger partial charge in [0.1, 0.15) is 10.7 Å². The van der Waals surface area contributed by atoms with Gasteiger partial charge in [-0.2, -0.15) is 0 Å². The zero-order valence-corrected chi connectivity index (χ0v) is 14.7. The van der Waals surface area contributed by atoms with E-state index in [9.17, 15) is 4.79 Å². The Morgan fingerprint density at radius 1 is 1.40 bits per heavy atom. The first kappa shape index (κ1) is 16.6. The first-order valence-electron chi connectivity index (χ1n) is 8.63. The highest BCUT2D eigenvalue weighted by atomic mass is 32.1. The average molecular weight is 359 g/mol. The molecule has 2 fully saturated rings. The molecule has 25 heavy (non-hydrogen) atoms. The van der Waals surface area contributed by atoms with E-state index in [2.05, 4.69) is 25.6 Å². The van der Waals surface area contributed by atoms with E-state index < -0.39 is 0 Å². The molecule has 2 aliphatic rings. The second-order valence-corrected chi connectivity index (χ2v) is 7.29. The van der Waals surface area contributed by atoms with Crippen molar-refractivity contribution in [2.45, 2.75) is 38.0 Å². The largest absolute Gasteiger partial charge is 0.375 e. The Balaban J connectivity index is 1.31. The Hall–Kier alpha value is -1.90. The molecule has 1 saturated heterocycles. The Bertz CT molecular complexity index is 723. The molecule has 0 radical (unpaired) electrons. The van der Waals surface area contributed by atoms with Gasteiger partial charge < -0.3 is 15.4 Å². The van der Waals surface area contributed by atoms with Gasteiger partial charge in [0.25, 0.3) is 0 Å². The monoisotopic (exact) mass is 359 g/mol. The van der Waals surface area contributed by atoms with Crippen LogP contribution in [0.1, 0.15) is 25.0 Å². The summed E-state index contributed by atoms with van der Waals surface area (Å²) in [6.07, 6.45) is 7.93. The molecule has 4 rings (SSSR count). The minimum atomic E-state index is 0.0496. The van der Waals surface area contributed by atoms with Crippen LogP contribution in [0.3, 0.4) is 0 Å². The summed E-state index contributed by atoms with van der Waals surface area (Å²) in [5, 5.41) is 9.28. The molecular weight excluding hydrogens is 338 g/mol. The lowest BCUT2D eigenvalue weighted by molar-refractivity contribution is -0.128. The van der Waals surface area contributed by atoms with Crippen molar-refractivity contribution in [1.29, 1.82) is 0 Å². The molecule has 1 aliphatic heterocycles. The van der Waals surface area contributed by atoms with Gasteiger partial charge in [0.05, 0.1) is 31.1 Å². The summed E-state index contributed by atoms with van der Waals surface area (Å²) in [7, 11) is 0. The van der Waals surface area contributed by atoms with Crippen LogP contribution in [0, 0.1) is 5.92 Å². The number of rotatable bonds is 4. The van der Waals surface area contributed by atoms with Gasteiger partial charge >= 0.3 is 0 Å². The zero-order valence-electron chi connectivity index (χ0n) is 13.9. The van der Waals surface area contributed by atoms with Crippen LogP contribution in [0.4, 0.5) is 0 Å². The van der Waals surface area contributed by atoms with Gasteiger partial charge in [0.15, 0.2) is 0 Å². The van der Waals surface area contributed by atoms with Crippen LogP contribution in [-0.4, -0.2) is 46.2 Å². The molecule has 2 N–H and O–H groups in total. The maximum absolute atomic E-state index is 12.5. The van der Waals surface area contributed by atoms with Crippen molar-refractivity contribution in [3.63, 3.8) is 0 Å². The number of morpholine rings is 1. The second-order valence-electron chi connectivity index (χ2n) is 6.43. The molecule has 1 amide bonds. The van der Waals surface area contributed by atoms with E-state index in [1.54, 1.807) is 18.6 Å². The van der Waals surface area contributed by atoms with E-state index in [1.807, 2.05) is 5.38 Å². The third-order valence-electron chi connectivity index (χ3n) is 4.78. The summed E-state index contributed by atoms with van der Waals surface area (Å²) < 4.78 is 5.77. The number of nitrogens with zero attached hydrogens (tertiary/aromatic N) is 3. The van der Waals surface area contributed by atoms with E-state index in [0.717, 1.165) is 48.8 Å². The number of aromatic nitrogens is 3. The van der Waals surface area contributed by atoms with Gasteiger partial charge in [-0.25, -0.2) is 4.98 Å². The first-order valence-corrected chi connectivity index (χ1v) is 9.51. The number of hydrogen-bond acceptors (Lipinski definition) is 7. The summed E-state index contributed by atoms with van der Waals surface area (Å²) in [6, 6.07) is 0.306. The molecule has 7 nitrogen and oxygen atoms in total. The van der Waals surface area contributed by atoms with Crippen molar-refractivity contribution in [2.75, 3.05) is 13.2 Å². The molecule has 3 heterocycles. The van der Waals surface area contributed by atoms with E-state index in [-0.39, 0.29) is 17.9 Å². The quantitative estimate of drug-likeness (QED) is 0.857. The third kappa shape index (κ3) is 3.86. The summed E-state index contributed by atoms with van der Waals surface area (Å²) in [5.41, 5.74) is 1.61. The van der Waals surface area contributed by atoms with E-state index in [0.29, 0.717) is 12.6 Å². The van der Waals surface area contributed by atoms with Crippen LogP contribution in [0.15, 0.2) is 24.0 Å². The number of nitrogens with one attached hydrogen (secondary N) is 2. The molecule has 1 aliphatic carbocycles. The van der Waals surface area contributed by atoms with Gasteiger partial charge in [0, 0.05) is 36.3 Å². The molecule has 1 saturated carbocycles. The molecule has 3 atom stereocenters. The van der Waals surface area contributed by atoms with Crippen LogP contribution >= 0.6 is 11.3 Å². The summed E-state index contributed by atoms with van der Waals surface area (Å²) in [4.78, 5) is 25.3. The minimum Gasteiger partial charge on any atom is -0.375 e.